The number of anilines is 1. The summed E-state index contributed by atoms with van der Waals surface area (Å²) >= 11 is 11.6. The average molecular weight is 468 g/mol. The minimum Gasteiger partial charge on any atom is -0.465 e. The molecule has 0 spiro atoms. The van der Waals surface area contributed by atoms with Crippen molar-refractivity contribution < 1.29 is 17.9 Å². The van der Waals surface area contributed by atoms with Crippen LogP contribution in [-0.4, -0.2) is 31.3 Å². The van der Waals surface area contributed by atoms with Gasteiger partial charge >= 0.3 is 5.97 Å². The molecule has 0 bridgehead atoms. The number of carbonyl (C=O) groups is 1. The Balaban J connectivity index is 1.88. The van der Waals surface area contributed by atoms with E-state index in [9.17, 15) is 18.0 Å². The van der Waals surface area contributed by atoms with Crippen molar-refractivity contribution in [2.24, 2.45) is 0 Å². The number of rotatable bonds is 5. The van der Waals surface area contributed by atoms with Gasteiger partial charge in [-0.3, -0.25) is 9.52 Å². The fourth-order valence-corrected chi connectivity index (χ4v) is 3.97. The fourth-order valence-electron chi connectivity index (χ4n) is 2.59. The number of nitrogens with one attached hydrogen (secondary N) is 1. The maximum absolute atomic E-state index is 12.7. The maximum Gasteiger partial charge on any atom is 0.337 e. The maximum atomic E-state index is 12.7. The lowest BCUT2D eigenvalue weighted by molar-refractivity contribution is 0.0600. The zero-order valence-electron chi connectivity index (χ0n) is 15.7. The summed E-state index contributed by atoms with van der Waals surface area (Å²) in [4.78, 5) is 23.7. The lowest BCUT2D eigenvalue weighted by atomic mass is 10.1. The zero-order valence-corrected chi connectivity index (χ0v) is 18.0. The van der Waals surface area contributed by atoms with Crippen molar-refractivity contribution in [3.8, 4) is 5.69 Å². The number of methoxy groups -OCH3 is 1. The number of sulfonamides is 1. The Hall–Kier alpha value is -2.88. The predicted octanol–water partition coefficient (Wildman–Crippen LogP) is 3.44. The molecule has 0 atom stereocenters. The van der Waals surface area contributed by atoms with Gasteiger partial charge in [0.15, 0.2) is 0 Å². The highest BCUT2D eigenvalue weighted by Crippen LogP contribution is 2.22. The van der Waals surface area contributed by atoms with Gasteiger partial charge in [-0.05, 0) is 55.0 Å². The molecule has 0 aliphatic rings. The molecule has 1 N–H and O–H groups in total. The monoisotopic (exact) mass is 467 g/mol. The van der Waals surface area contributed by atoms with Gasteiger partial charge in [0.2, 0.25) is 0 Å². The number of aryl methyl sites for hydroxylation is 1. The topological polar surface area (TPSA) is 107 Å². The van der Waals surface area contributed by atoms with Crippen LogP contribution < -0.4 is 10.3 Å². The molecule has 0 amide bonds. The molecule has 3 rings (SSSR count). The van der Waals surface area contributed by atoms with Crippen LogP contribution in [0.1, 0.15) is 15.9 Å². The minimum absolute atomic E-state index is 0.0231. The molecule has 0 fully saturated rings. The van der Waals surface area contributed by atoms with E-state index in [-0.39, 0.29) is 14.9 Å². The van der Waals surface area contributed by atoms with E-state index in [1.807, 2.05) is 0 Å². The lowest BCUT2D eigenvalue weighted by Crippen LogP contribution is -2.21. The summed E-state index contributed by atoms with van der Waals surface area (Å²) < 4.78 is 33.6. The molecule has 0 saturated carbocycles. The Kier molecular flexibility index (Phi) is 6.16. The molecule has 0 aliphatic carbocycles. The summed E-state index contributed by atoms with van der Waals surface area (Å²) in [6, 6.07) is 9.95. The highest BCUT2D eigenvalue weighted by Gasteiger charge is 2.17. The van der Waals surface area contributed by atoms with E-state index in [1.54, 1.807) is 6.92 Å². The van der Waals surface area contributed by atoms with E-state index in [4.69, 9.17) is 23.2 Å². The van der Waals surface area contributed by atoms with Crippen molar-refractivity contribution in [3.63, 3.8) is 0 Å². The number of ether oxygens (including phenoxy) is 1. The Labute approximate surface area is 182 Å². The van der Waals surface area contributed by atoms with Crippen LogP contribution in [0.2, 0.25) is 10.0 Å². The number of halogens is 2. The quantitative estimate of drug-likeness (QED) is 0.575. The second-order valence-electron chi connectivity index (χ2n) is 6.14. The van der Waals surface area contributed by atoms with Crippen LogP contribution >= 0.6 is 23.2 Å². The van der Waals surface area contributed by atoms with Gasteiger partial charge < -0.3 is 4.74 Å². The van der Waals surface area contributed by atoms with E-state index in [0.29, 0.717) is 22.5 Å². The number of esters is 1. The molecule has 8 nitrogen and oxygen atoms in total. The summed E-state index contributed by atoms with van der Waals surface area (Å²) in [5.41, 5.74) is 0.857. The van der Waals surface area contributed by atoms with Crippen molar-refractivity contribution in [2.75, 3.05) is 11.8 Å². The predicted molar refractivity (Wildman–Crippen MR) is 113 cm³/mol. The summed E-state index contributed by atoms with van der Waals surface area (Å²) in [5.74, 6) is -0.519. The summed E-state index contributed by atoms with van der Waals surface area (Å²) in [5, 5.41) is 3.73. The van der Waals surface area contributed by atoms with Gasteiger partial charge in [-0.1, -0.05) is 23.2 Å². The molecule has 2 aromatic carbocycles. The summed E-state index contributed by atoms with van der Waals surface area (Å²) in [6.45, 7) is 1.66. The number of hydrogen-bond acceptors (Lipinski definition) is 6. The normalized spacial score (nSPS) is 11.2. The van der Waals surface area contributed by atoms with E-state index >= 15 is 0 Å². The number of benzene rings is 2. The first-order valence-corrected chi connectivity index (χ1v) is 10.6. The molecule has 0 saturated heterocycles. The van der Waals surface area contributed by atoms with E-state index in [0.717, 1.165) is 4.68 Å². The molecular weight excluding hydrogens is 453 g/mol. The minimum atomic E-state index is -3.92. The SMILES string of the molecule is COC(=O)c1ccc(NS(=O)(=O)c2ccc(-n3ncc(Cl)c(Cl)c3=O)cc2)c(C)c1. The van der Waals surface area contributed by atoms with Crippen LogP contribution in [0.4, 0.5) is 5.69 Å². The Morgan fingerprint density at radius 2 is 1.80 bits per heavy atom. The van der Waals surface area contributed by atoms with E-state index in [1.165, 1.54) is 55.8 Å². The van der Waals surface area contributed by atoms with Crippen molar-refractivity contribution in [1.29, 1.82) is 0 Å². The van der Waals surface area contributed by atoms with Crippen molar-refractivity contribution in [1.82, 2.24) is 9.78 Å². The van der Waals surface area contributed by atoms with Crippen LogP contribution in [0.15, 0.2) is 58.4 Å². The second kappa shape index (κ2) is 8.47. The molecule has 0 aliphatic heterocycles. The van der Waals surface area contributed by atoms with Gasteiger partial charge in [0.1, 0.15) is 5.02 Å². The first-order chi connectivity index (χ1) is 14.1. The number of aromatic nitrogens is 2. The lowest BCUT2D eigenvalue weighted by Gasteiger charge is -2.12. The Morgan fingerprint density at radius 1 is 1.13 bits per heavy atom. The second-order valence-corrected chi connectivity index (χ2v) is 8.61. The van der Waals surface area contributed by atoms with Crippen molar-refractivity contribution in [2.45, 2.75) is 11.8 Å². The van der Waals surface area contributed by atoms with Crippen LogP contribution in [0.25, 0.3) is 5.69 Å². The van der Waals surface area contributed by atoms with E-state index < -0.39 is 21.6 Å². The van der Waals surface area contributed by atoms with Crippen LogP contribution in [0.5, 0.6) is 0 Å². The number of nitrogens with zero attached hydrogens (tertiary/aromatic N) is 2. The molecule has 1 heterocycles. The van der Waals surface area contributed by atoms with Gasteiger partial charge in [-0.25, -0.2) is 13.2 Å². The molecule has 3 aromatic rings. The molecule has 0 radical (unpaired) electrons. The summed E-state index contributed by atoms with van der Waals surface area (Å²) in [6.07, 6.45) is 1.22. The Bertz CT molecular complexity index is 1290. The first-order valence-electron chi connectivity index (χ1n) is 8.39. The van der Waals surface area contributed by atoms with Gasteiger partial charge in [-0.15, -0.1) is 0 Å². The molecule has 1 aromatic heterocycles. The molecule has 30 heavy (non-hydrogen) atoms. The fraction of sp³-hybridized carbons (Fsp3) is 0.105. The van der Waals surface area contributed by atoms with Crippen LogP contribution in [0.3, 0.4) is 0 Å². The standard InChI is InChI=1S/C19H15Cl2N3O5S/c1-11-9-12(19(26)29-2)3-8-16(11)23-30(27,28)14-6-4-13(5-7-14)24-18(25)17(21)15(20)10-22-24/h3-10,23H,1-2H3. The molecule has 156 valence electrons. The Morgan fingerprint density at radius 3 is 2.40 bits per heavy atom. The average Bonchev–Trinajstić information content (AvgIpc) is 2.73. The molecular formula is C19H15Cl2N3O5S. The van der Waals surface area contributed by atoms with Crippen LogP contribution in [-0.2, 0) is 14.8 Å². The highest BCUT2D eigenvalue weighted by molar-refractivity contribution is 7.92. The zero-order chi connectivity index (χ0) is 22.1. The third-order valence-corrected chi connectivity index (χ3v) is 6.29. The summed E-state index contributed by atoms with van der Waals surface area (Å²) in [7, 11) is -2.66. The largest absolute Gasteiger partial charge is 0.465 e. The number of hydrogen-bond donors (Lipinski definition) is 1. The molecule has 11 heteroatoms. The van der Waals surface area contributed by atoms with Crippen LogP contribution in [0, 0.1) is 6.92 Å². The third kappa shape index (κ3) is 4.33. The molecule has 0 unspecified atom stereocenters. The van der Waals surface area contributed by atoms with Gasteiger partial charge in [-0.2, -0.15) is 9.78 Å². The highest BCUT2D eigenvalue weighted by atomic mass is 35.5. The van der Waals surface area contributed by atoms with Gasteiger partial charge in [0.05, 0.1) is 40.2 Å². The third-order valence-electron chi connectivity index (χ3n) is 4.16. The van der Waals surface area contributed by atoms with Crippen molar-refractivity contribution >= 4 is 44.9 Å². The number of carbonyl (C=O) groups excluding carboxylic acids is 1. The first kappa shape index (κ1) is 21.8. The van der Waals surface area contributed by atoms with Crippen molar-refractivity contribution in [3.05, 3.63) is 80.2 Å². The smallest absolute Gasteiger partial charge is 0.337 e. The van der Waals surface area contributed by atoms with Gasteiger partial charge in [0, 0.05) is 0 Å². The van der Waals surface area contributed by atoms with E-state index in [2.05, 4.69) is 14.6 Å². The van der Waals surface area contributed by atoms with Gasteiger partial charge in [0.25, 0.3) is 15.6 Å².